The number of anilines is 1. The van der Waals surface area contributed by atoms with Gasteiger partial charge < -0.3 is 15.5 Å². The summed E-state index contributed by atoms with van der Waals surface area (Å²) < 4.78 is 0. The molecule has 0 aliphatic rings. The Labute approximate surface area is 181 Å². The van der Waals surface area contributed by atoms with Gasteiger partial charge in [0.25, 0.3) is 0 Å². The van der Waals surface area contributed by atoms with Gasteiger partial charge >= 0.3 is 0 Å². The van der Waals surface area contributed by atoms with E-state index in [9.17, 15) is 4.79 Å². The van der Waals surface area contributed by atoms with Crippen molar-refractivity contribution in [3.05, 3.63) is 60.4 Å². The normalized spacial score (nSPS) is 11.2. The van der Waals surface area contributed by atoms with Crippen LogP contribution in [-0.4, -0.2) is 42.0 Å². The molecule has 156 valence electrons. The summed E-state index contributed by atoms with van der Waals surface area (Å²) in [5.74, 6) is 0.513. The van der Waals surface area contributed by atoms with E-state index in [4.69, 9.17) is 5.73 Å². The Bertz CT molecular complexity index is 671. The lowest BCUT2D eigenvalue weighted by molar-refractivity contribution is -0.128. The van der Waals surface area contributed by atoms with Gasteiger partial charge in [-0.05, 0) is 36.1 Å². The zero-order valence-electron chi connectivity index (χ0n) is 16.8. The van der Waals surface area contributed by atoms with Crippen molar-refractivity contribution in [2.75, 3.05) is 25.0 Å². The van der Waals surface area contributed by atoms with E-state index < -0.39 is 0 Å². The van der Waals surface area contributed by atoms with Gasteiger partial charge in [-0.25, -0.2) is 0 Å². The number of para-hydroxylation sites is 1. The van der Waals surface area contributed by atoms with Gasteiger partial charge in [-0.2, -0.15) is 0 Å². The quantitative estimate of drug-likeness (QED) is 0.662. The molecular formula is C21H32Cl2N4O. The Morgan fingerprint density at radius 1 is 1.11 bits per heavy atom. The summed E-state index contributed by atoms with van der Waals surface area (Å²) in [7, 11) is 1.85. The average Bonchev–Trinajstić information content (AvgIpc) is 2.66. The van der Waals surface area contributed by atoms with Gasteiger partial charge in [-0.1, -0.05) is 38.1 Å². The van der Waals surface area contributed by atoms with E-state index in [1.165, 1.54) is 0 Å². The molecule has 0 saturated carbocycles. The van der Waals surface area contributed by atoms with Gasteiger partial charge in [-0.3, -0.25) is 9.78 Å². The predicted octanol–water partition coefficient (Wildman–Crippen LogP) is 3.76. The Hall–Kier alpha value is -1.82. The van der Waals surface area contributed by atoms with Crippen LogP contribution < -0.4 is 10.6 Å². The van der Waals surface area contributed by atoms with Crippen LogP contribution >= 0.6 is 24.8 Å². The monoisotopic (exact) mass is 426 g/mol. The maximum absolute atomic E-state index is 12.7. The van der Waals surface area contributed by atoms with Gasteiger partial charge in [0.15, 0.2) is 0 Å². The SMILES string of the molecule is CC(C)C(N)CCN(C)C(=O)CN(Cc1cccnc1)c1ccccc1.Cl.Cl. The number of carbonyl (C=O) groups is 1. The number of rotatable bonds is 9. The van der Waals surface area contributed by atoms with Crippen LogP contribution in [0.15, 0.2) is 54.9 Å². The van der Waals surface area contributed by atoms with Crippen molar-refractivity contribution in [3.63, 3.8) is 0 Å². The summed E-state index contributed by atoms with van der Waals surface area (Å²) in [5.41, 5.74) is 8.21. The molecule has 2 rings (SSSR count). The summed E-state index contributed by atoms with van der Waals surface area (Å²) >= 11 is 0. The molecule has 1 amide bonds. The third kappa shape index (κ3) is 8.46. The van der Waals surface area contributed by atoms with Crippen molar-refractivity contribution in [2.45, 2.75) is 32.9 Å². The molecule has 1 unspecified atom stereocenters. The summed E-state index contributed by atoms with van der Waals surface area (Å²) in [6, 6.07) is 14.1. The minimum absolute atomic E-state index is 0. The van der Waals surface area contributed by atoms with E-state index in [2.05, 4.69) is 23.7 Å². The molecule has 2 N–H and O–H groups in total. The molecule has 1 aromatic heterocycles. The van der Waals surface area contributed by atoms with Crippen LogP contribution in [0.5, 0.6) is 0 Å². The molecule has 1 atom stereocenters. The van der Waals surface area contributed by atoms with Crippen LogP contribution in [0.2, 0.25) is 0 Å². The standard InChI is InChI=1S/C21H30N4O.2ClH/c1-17(2)20(22)11-13-24(3)21(26)16-25(19-9-5-4-6-10-19)15-18-8-7-12-23-14-18;;/h4-10,12,14,17,20H,11,13,15-16,22H2,1-3H3;2*1H. The first kappa shape index (κ1) is 26.2. The molecule has 7 heteroatoms. The van der Waals surface area contributed by atoms with Crippen molar-refractivity contribution >= 4 is 36.4 Å². The van der Waals surface area contributed by atoms with E-state index in [0.29, 0.717) is 25.6 Å². The molecule has 0 spiro atoms. The maximum atomic E-state index is 12.7. The zero-order chi connectivity index (χ0) is 18.9. The van der Waals surface area contributed by atoms with Gasteiger partial charge in [0.05, 0.1) is 6.54 Å². The number of carbonyl (C=O) groups excluding carboxylic acids is 1. The summed E-state index contributed by atoms with van der Waals surface area (Å²) in [6.07, 6.45) is 4.41. The van der Waals surface area contributed by atoms with Gasteiger partial charge in [-0.15, -0.1) is 24.8 Å². The fourth-order valence-electron chi connectivity index (χ4n) is 2.67. The Morgan fingerprint density at radius 3 is 2.36 bits per heavy atom. The minimum Gasteiger partial charge on any atom is -0.358 e. The van der Waals surface area contributed by atoms with E-state index in [-0.39, 0.29) is 36.8 Å². The molecule has 2 aromatic rings. The molecular weight excluding hydrogens is 395 g/mol. The third-order valence-electron chi connectivity index (χ3n) is 4.62. The summed E-state index contributed by atoms with van der Waals surface area (Å²) in [4.78, 5) is 20.8. The zero-order valence-corrected chi connectivity index (χ0v) is 18.5. The van der Waals surface area contributed by atoms with Crippen molar-refractivity contribution in [2.24, 2.45) is 11.7 Å². The molecule has 0 fully saturated rings. The highest BCUT2D eigenvalue weighted by molar-refractivity contribution is 5.85. The fraction of sp³-hybridized carbons (Fsp3) is 0.429. The van der Waals surface area contributed by atoms with E-state index >= 15 is 0 Å². The molecule has 0 saturated heterocycles. The Morgan fingerprint density at radius 2 is 1.79 bits per heavy atom. The van der Waals surface area contributed by atoms with Crippen molar-refractivity contribution in [1.82, 2.24) is 9.88 Å². The van der Waals surface area contributed by atoms with Crippen molar-refractivity contribution in [1.29, 1.82) is 0 Å². The largest absolute Gasteiger partial charge is 0.358 e. The molecule has 0 bridgehead atoms. The fourth-order valence-corrected chi connectivity index (χ4v) is 2.67. The molecule has 0 aliphatic carbocycles. The predicted molar refractivity (Wildman–Crippen MR) is 121 cm³/mol. The van der Waals surface area contributed by atoms with Gasteiger partial charge in [0, 0.05) is 44.3 Å². The van der Waals surface area contributed by atoms with E-state index in [0.717, 1.165) is 17.7 Å². The lowest BCUT2D eigenvalue weighted by Gasteiger charge is -2.28. The number of likely N-dealkylation sites (N-methyl/N-ethyl adjacent to an activating group) is 1. The number of aromatic nitrogens is 1. The second-order valence-corrected chi connectivity index (χ2v) is 7.06. The first-order valence-corrected chi connectivity index (χ1v) is 9.16. The summed E-state index contributed by atoms with van der Waals surface area (Å²) in [6.45, 7) is 5.86. The van der Waals surface area contributed by atoms with Crippen molar-refractivity contribution < 1.29 is 4.79 Å². The van der Waals surface area contributed by atoms with Crippen LogP contribution in [-0.2, 0) is 11.3 Å². The van der Waals surface area contributed by atoms with Gasteiger partial charge in [0.1, 0.15) is 0 Å². The van der Waals surface area contributed by atoms with Crippen LogP contribution in [0.3, 0.4) is 0 Å². The van der Waals surface area contributed by atoms with Crippen LogP contribution in [0.4, 0.5) is 5.69 Å². The number of nitrogens with two attached hydrogens (primary N) is 1. The number of amides is 1. The number of nitrogens with zero attached hydrogens (tertiary/aromatic N) is 3. The first-order valence-electron chi connectivity index (χ1n) is 9.16. The number of benzene rings is 1. The number of halogens is 2. The molecule has 1 heterocycles. The molecule has 0 radical (unpaired) electrons. The summed E-state index contributed by atoms with van der Waals surface area (Å²) in [5, 5.41) is 0. The molecule has 5 nitrogen and oxygen atoms in total. The molecule has 1 aromatic carbocycles. The van der Waals surface area contributed by atoms with Crippen LogP contribution in [0.25, 0.3) is 0 Å². The smallest absolute Gasteiger partial charge is 0.241 e. The Kier molecular flexibility index (Phi) is 12.5. The first-order chi connectivity index (χ1) is 12.5. The lowest BCUT2D eigenvalue weighted by Crippen LogP contribution is -2.40. The van der Waals surface area contributed by atoms with Gasteiger partial charge in [0.2, 0.25) is 5.91 Å². The highest BCUT2D eigenvalue weighted by Crippen LogP contribution is 2.16. The maximum Gasteiger partial charge on any atom is 0.241 e. The average molecular weight is 427 g/mol. The number of hydrogen-bond acceptors (Lipinski definition) is 4. The van der Waals surface area contributed by atoms with E-state index in [1.54, 1.807) is 11.1 Å². The second-order valence-electron chi connectivity index (χ2n) is 7.06. The highest BCUT2D eigenvalue weighted by atomic mass is 35.5. The van der Waals surface area contributed by atoms with E-state index in [1.807, 2.05) is 55.7 Å². The second kappa shape index (κ2) is 13.4. The molecule has 0 aliphatic heterocycles. The number of hydrogen-bond donors (Lipinski definition) is 1. The topological polar surface area (TPSA) is 62.5 Å². The minimum atomic E-state index is 0. The highest BCUT2D eigenvalue weighted by Gasteiger charge is 2.17. The lowest BCUT2D eigenvalue weighted by atomic mass is 10.0. The number of pyridine rings is 1. The Balaban J connectivity index is 0.00000364. The molecule has 28 heavy (non-hydrogen) atoms. The van der Waals surface area contributed by atoms with Crippen LogP contribution in [0, 0.1) is 5.92 Å². The van der Waals surface area contributed by atoms with Crippen LogP contribution in [0.1, 0.15) is 25.8 Å². The van der Waals surface area contributed by atoms with Crippen molar-refractivity contribution in [3.8, 4) is 0 Å². The third-order valence-corrected chi connectivity index (χ3v) is 4.62.